The molecule has 2 heterocycles. The molecule has 18 heavy (non-hydrogen) atoms. The van der Waals surface area contributed by atoms with Gasteiger partial charge in [-0.1, -0.05) is 0 Å². The molecule has 102 valence electrons. The van der Waals surface area contributed by atoms with E-state index in [1.54, 1.807) is 11.3 Å². The average molecular weight is 333 g/mol. The van der Waals surface area contributed by atoms with Crippen molar-refractivity contribution in [3.8, 4) is 0 Å². The maximum Gasteiger partial charge on any atom is 0.0702 e. The van der Waals surface area contributed by atoms with Gasteiger partial charge in [0.15, 0.2) is 0 Å². The number of ether oxygens (including phenoxy) is 1. The Morgan fingerprint density at radius 2 is 2.44 bits per heavy atom. The van der Waals surface area contributed by atoms with Crippen LogP contribution in [0.5, 0.6) is 0 Å². The van der Waals surface area contributed by atoms with Gasteiger partial charge in [-0.25, -0.2) is 0 Å². The molecule has 2 atom stereocenters. The Kier molecular flexibility index (Phi) is 5.63. The number of hydrogen-bond donors (Lipinski definition) is 1. The van der Waals surface area contributed by atoms with E-state index in [1.165, 1.54) is 28.6 Å². The summed E-state index contributed by atoms with van der Waals surface area (Å²) in [5.41, 5.74) is 5.94. The third kappa shape index (κ3) is 3.54. The highest BCUT2D eigenvalue weighted by Gasteiger charge is 2.23. The topological polar surface area (TPSA) is 38.5 Å². The number of nitrogens with two attached hydrogens (primary N) is 1. The van der Waals surface area contributed by atoms with Crippen molar-refractivity contribution in [1.29, 1.82) is 0 Å². The first-order valence-electron chi connectivity index (χ1n) is 6.47. The van der Waals surface area contributed by atoms with E-state index >= 15 is 0 Å². The van der Waals surface area contributed by atoms with Crippen LogP contribution >= 0.6 is 27.3 Å². The molecule has 0 aliphatic carbocycles. The van der Waals surface area contributed by atoms with Crippen LogP contribution in [-0.4, -0.2) is 37.7 Å². The zero-order chi connectivity index (χ0) is 13.0. The minimum absolute atomic E-state index is 0.282. The van der Waals surface area contributed by atoms with E-state index in [9.17, 15) is 0 Å². The maximum absolute atomic E-state index is 5.94. The SMILES string of the molecule is CN(CC1CCCCO1)C(CN)c1sccc1Br. The standard InChI is InChI=1S/C13H21BrN2OS/c1-16(9-10-4-2-3-6-17-10)12(8-15)13-11(14)5-7-18-13/h5,7,10,12H,2-4,6,8-9,15H2,1H3. The van der Waals surface area contributed by atoms with Crippen molar-refractivity contribution in [2.75, 3.05) is 26.7 Å². The Labute approximate surface area is 121 Å². The molecule has 1 aromatic rings. The summed E-state index contributed by atoms with van der Waals surface area (Å²) in [4.78, 5) is 3.64. The molecule has 1 fully saturated rings. The molecule has 0 radical (unpaired) electrons. The molecule has 1 aliphatic heterocycles. The molecule has 0 spiro atoms. The van der Waals surface area contributed by atoms with Crippen LogP contribution in [0.1, 0.15) is 30.2 Å². The molecule has 0 bridgehead atoms. The first-order chi connectivity index (χ1) is 8.72. The van der Waals surface area contributed by atoms with Gasteiger partial charge in [0.05, 0.1) is 12.1 Å². The van der Waals surface area contributed by atoms with E-state index in [0.717, 1.165) is 13.2 Å². The summed E-state index contributed by atoms with van der Waals surface area (Å²) in [5.74, 6) is 0. The van der Waals surface area contributed by atoms with Gasteiger partial charge in [0.25, 0.3) is 0 Å². The van der Waals surface area contributed by atoms with E-state index < -0.39 is 0 Å². The molecule has 5 heteroatoms. The highest BCUT2D eigenvalue weighted by molar-refractivity contribution is 9.10. The fourth-order valence-electron chi connectivity index (χ4n) is 2.43. The fraction of sp³-hybridized carbons (Fsp3) is 0.692. The van der Waals surface area contributed by atoms with E-state index in [4.69, 9.17) is 10.5 Å². The number of rotatable bonds is 5. The normalized spacial score (nSPS) is 22.3. The number of halogens is 1. The van der Waals surface area contributed by atoms with E-state index in [0.29, 0.717) is 12.6 Å². The lowest BCUT2D eigenvalue weighted by molar-refractivity contribution is -0.00758. The monoisotopic (exact) mass is 332 g/mol. The minimum atomic E-state index is 0.282. The number of likely N-dealkylation sites (N-methyl/N-ethyl adjacent to an activating group) is 1. The molecule has 2 rings (SSSR count). The van der Waals surface area contributed by atoms with Gasteiger partial charge in [0.2, 0.25) is 0 Å². The van der Waals surface area contributed by atoms with Crippen LogP contribution in [0.15, 0.2) is 15.9 Å². The Morgan fingerprint density at radius 1 is 1.61 bits per heavy atom. The highest BCUT2D eigenvalue weighted by Crippen LogP contribution is 2.32. The second-order valence-electron chi connectivity index (χ2n) is 4.81. The second-order valence-corrected chi connectivity index (χ2v) is 6.61. The number of thiophene rings is 1. The van der Waals surface area contributed by atoms with Gasteiger partial charge in [-0.3, -0.25) is 4.90 Å². The van der Waals surface area contributed by atoms with Gasteiger partial charge in [-0.15, -0.1) is 11.3 Å². The summed E-state index contributed by atoms with van der Waals surface area (Å²) < 4.78 is 6.97. The predicted octanol–water partition coefficient (Wildman–Crippen LogP) is 3.01. The second kappa shape index (κ2) is 7.01. The average Bonchev–Trinajstić information content (AvgIpc) is 2.78. The van der Waals surface area contributed by atoms with E-state index in [-0.39, 0.29) is 6.04 Å². The lowest BCUT2D eigenvalue weighted by atomic mass is 10.1. The maximum atomic E-state index is 5.94. The molecule has 0 aromatic carbocycles. The smallest absolute Gasteiger partial charge is 0.0702 e. The molecule has 1 saturated heterocycles. The Balaban J connectivity index is 1.97. The van der Waals surface area contributed by atoms with Crippen molar-refractivity contribution in [2.45, 2.75) is 31.4 Å². The van der Waals surface area contributed by atoms with Crippen LogP contribution in [0.3, 0.4) is 0 Å². The van der Waals surface area contributed by atoms with Crippen LogP contribution in [-0.2, 0) is 4.74 Å². The zero-order valence-electron chi connectivity index (χ0n) is 10.8. The van der Waals surface area contributed by atoms with E-state index in [2.05, 4.69) is 39.3 Å². The highest BCUT2D eigenvalue weighted by atomic mass is 79.9. The first-order valence-corrected chi connectivity index (χ1v) is 8.14. The summed E-state index contributed by atoms with van der Waals surface area (Å²) >= 11 is 5.36. The molecule has 1 aromatic heterocycles. The summed E-state index contributed by atoms with van der Waals surface area (Å²) in [7, 11) is 2.14. The minimum Gasteiger partial charge on any atom is -0.377 e. The van der Waals surface area contributed by atoms with Crippen LogP contribution in [0.4, 0.5) is 0 Å². The molecule has 0 amide bonds. The molecule has 3 nitrogen and oxygen atoms in total. The summed E-state index contributed by atoms with van der Waals surface area (Å²) in [6.07, 6.45) is 4.04. The largest absolute Gasteiger partial charge is 0.377 e. The summed E-state index contributed by atoms with van der Waals surface area (Å²) in [6.45, 7) is 2.52. The fourth-order valence-corrected chi connectivity index (χ4v) is 4.25. The lowest BCUT2D eigenvalue weighted by Gasteiger charge is -2.32. The Bertz CT molecular complexity index is 366. The van der Waals surface area contributed by atoms with Crippen molar-refractivity contribution >= 4 is 27.3 Å². The molecular formula is C13H21BrN2OS. The quantitative estimate of drug-likeness (QED) is 0.900. The van der Waals surface area contributed by atoms with Gasteiger partial charge in [-0.2, -0.15) is 0 Å². The Morgan fingerprint density at radius 3 is 3.00 bits per heavy atom. The van der Waals surface area contributed by atoms with Crippen LogP contribution < -0.4 is 5.73 Å². The number of nitrogens with zero attached hydrogens (tertiary/aromatic N) is 1. The molecule has 0 saturated carbocycles. The van der Waals surface area contributed by atoms with Gasteiger partial charge in [0, 0.05) is 29.0 Å². The zero-order valence-corrected chi connectivity index (χ0v) is 13.2. The summed E-state index contributed by atoms with van der Waals surface area (Å²) in [6, 6.07) is 2.37. The van der Waals surface area contributed by atoms with Gasteiger partial charge >= 0.3 is 0 Å². The lowest BCUT2D eigenvalue weighted by Crippen LogP contribution is -2.38. The van der Waals surface area contributed by atoms with Gasteiger partial charge in [-0.05, 0) is 53.7 Å². The van der Waals surface area contributed by atoms with Crippen LogP contribution in [0.25, 0.3) is 0 Å². The van der Waals surface area contributed by atoms with Crippen LogP contribution in [0, 0.1) is 0 Å². The molecule has 2 unspecified atom stereocenters. The van der Waals surface area contributed by atoms with E-state index in [1.807, 2.05) is 0 Å². The summed E-state index contributed by atoms with van der Waals surface area (Å²) in [5, 5.41) is 2.10. The molecule has 2 N–H and O–H groups in total. The predicted molar refractivity (Wildman–Crippen MR) is 80.0 cm³/mol. The number of hydrogen-bond acceptors (Lipinski definition) is 4. The van der Waals surface area contributed by atoms with Crippen molar-refractivity contribution in [2.24, 2.45) is 5.73 Å². The first kappa shape index (κ1) is 14.5. The van der Waals surface area contributed by atoms with Crippen molar-refractivity contribution in [1.82, 2.24) is 4.90 Å². The molecule has 1 aliphatic rings. The third-order valence-electron chi connectivity index (χ3n) is 3.47. The van der Waals surface area contributed by atoms with Crippen molar-refractivity contribution in [3.05, 3.63) is 20.8 Å². The third-order valence-corrected chi connectivity index (χ3v) is 5.44. The van der Waals surface area contributed by atoms with Crippen LogP contribution in [0.2, 0.25) is 0 Å². The van der Waals surface area contributed by atoms with Crippen molar-refractivity contribution < 1.29 is 4.74 Å². The van der Waals surface area contributed by atoms with Crippen molar-refractivity contribution in [3.63, 3.8) is 0 Å². The Hall–Kier alpha value is 0.0600. The molecular weight excluding hydrogens is 312 g/mol. The van der Waals surface area contributed by atoms with Gasteiger partial charge in [0.1, 0.15) is 0 Å². The van der Waals surface area contributed by atoms with Gasteiger partial charge < -0.3 is 10.5 Å².